The van der Waals surface area contributed by atoms with Crippen molar-refractivity contribution in [2.45, 2.75) is 50.7 Å². The van der Waals surface area contributed by atoms with Gasteiger partial charge in [0.1, 0.15) is 4.90 Å². The van der Waals surface area contributed by atoms with Crippen LogP contribution in [0.3, 0.4) is 0 Å². The molecule has 2 heterocycles. The fraction of sp³-hybridized carbons (Fsp3) is 0.727. The molecule has 0 radical (unpaired) electrons. The van der Waals surface area contributed by atoms with Gasteiger partial charge in [-0.25, -0.2) is 13.1 Å². The van der Waals surface area contributed by atoms with Crippen molar-refractivity contribution < 1.29 is 13.2 Å². The summed E-state index contributed by atoms with van der Waals surface area (Å²) >= 11 is 0. The maximum atomic E-state index is 12.4. The van der Waals surface area contributed by atoms with Gasteiger partial charge in [-0.1, -0.05) is 0 Å². The number of sulfonamides is 1. The molecule has 0 aliphatic carbocycles. The molecule has 0 spiro atoms. The number of aryl methyl sites for hydroxylation is 2. The fourth-order valence-corrected chi connectivity index (χ4v) is 4.13. The SMILES string of the molecule is Cc1n[nH]c(C)c1S(=O)(=O)NC1(C)CCOC1C. The Kier molecular flexibility index (Phi) is 3.25. The molecular formula is C11H19N3O3S. The first-order valence-electron chi connectivity index (χ1n) is 5.93. The second-order valence-corrected chi connectivity index (χ2v) is 6.67. The van der Waals surface area contributed by atoms with E-state index in [0.29, 0.717) is 24.4 Å². The highest BCUT2D eigenvalue weighted by Gasteiger charge is 2.41. The first-order chi connectivity index (χ1) is 8.26. The summed E-state index contributed by atoms with van der Waals surface area (Å²) in [6.07, 6.45) is 0.531. The highest BCUT2D eigenvalue weighted by atomic mass is 32.2. The molecule has 1 aliphatic rings. The molecule has 1 saturated heterocycles. The van der Waals surface area contributed by atoms with E-state index in [1.807, 2.05) is 13.8 Å². The molecule has 0 amide bonds. The van der Waals surface area contributed by atoms with Crippen LogP contribution in [-0.4, -0.2) is 36.9 Å². The molecule has 1 aromatic rings. The van der Waals surface area contributed by atoms with Crippen molar-refractivity contribution in [3.8, 4) is 0 Å². The van der Waals surface area contributed by atoms with Crippen molar-refractivity contribution in [2.75, 3.05) is 6.61 Å². The summed E-state index contributed by atoms with van der Waals surface area (Å²) in [5.41, 5.74) is 0.472. The second kappa shape index (κ2) is 4.32. The molecule has 18 heavy (non-hydrogen) atoms. The zero-order valence-corrected chi connectivity index (χ0v) is 11.9. The van der Waals surface area contributed by atoms with Crippen LogP contribution in [0, 0.1) is 13.8 Å². The number of aromatic nitrogens is 2. The van der Waals surface area contributed by atoms with E-state index in [0.717, 1.165) is 0 Å². The van der Waals surface area contributed by atoms with E-state index < -0.39 is 15.6 Å². The number of H-pyrrole nitrogens is 1. The third-order valence-corrected chi connectivity index (χ3v) is 5.46. The number of rotatable bonds is 3. The number of nitrogens with zero attached hydrogens (tertiary/aromatic N) is 1. The average Bonchev–Trinajstić information content (AvgIpc) is 2.71. The van der Waals surface area contributed by atoms with Gasteiger partial charge >= 0.3 is 0 Å². The van der Waals surface area contributed by atoms with Crippen LogP contribution in [0.4, 0.5) is 0 Å². The molecule has 2 atom stereocenters. The topological polar surface area (TPSA) is 84.1 Å². The van der Waals surface area contributed by atoms with Crippen LogP contribution in [0.5, 0.6) is 0 Å². The standard InChI is InChI=1S/C11H19N3O3S/c1-7-10(8(2)13-12-7)18(15,16)14-11(4)5-6-17-9(11)3/h9,14H,5-6H2,1-4H3,(H,12,13). The van der Waals surface area contributed by atoms with Gasteiger partial charge in [0.2, 0.25) is 10.0 Å². The largest absolute Gasteiger partial charge is 0.376 e. The molecule has 0 aromatic carbocycles. The summed E-state index contributed by atoms with van der Waals surface area (Å²) in [6.45, 7) is 7.70. The summed E-state index contributed by atoms with van der Waals surface area (Å²) < 4.78 is 33.0. The maximum Gasteiger partial charge on any atom is 0.244 e. The molecule has 7 heteroatoms. The van der Waals surface area contributed by atoms with Gasteiger partial charge in [0.15, 0.2) is 0 Å². The molecule has 0 bridgehead atoms. The summed E-state index contributed by atoms with van der Waals surface area (Å²) in [5, 5.41) is 6.61. The molecular weight excluding hydrogens is 254 g/mol. The number of hydrogen-bond donors (Lipinski definition) is 2. The molecule has 1 fully saturated rings. The smallest absolute Gasteiger partial charge is 0.244 e. The first-order valence-corrected chi connectivity index (χ1v) is 7.42. The molecule has 1 aliphatic heterocycles. The van der Waals surface area contributed by atoms with E-state index in [9.17, 15) is 8.42 Å². The quantitative estimate of drug-likeness (QED) is 0.856. The van der Waals surface area contributed by atoms with Crippen LogP contribution >= 0.6 is 0 Å². The normalized spacial score (nSPS) is 28.8. The predicted octanol–water partition coefficient (Wildman–Crippen LogP) is 0.872. The van der Waals surface area contributed by atoms with Gasteiger partial charge in [-0.2, -0.15) is 5.10 Å². The van der Waals surface area contributed by atoms with E-state index in [1.54, 1.807) is 13.8 Å². The van der Waals surface area contributed by atoms with Crippen molar-refractivity contribution in [1.29, 1.82) is 0 Å². The second-order valence-electron chi connectivity index (χ2n) is 5.05. The molecule has 0 saturated carbocycles. The van der Waals surface area contributed by atoms with Gasteiger partial charge in [0, 0.05) is 6.61 Å². The minimum absolute atomic E-state index is 0.139. The van der Waals surface area contributed by atoms with Crippen LogP contribution in [0.2, 0.25) is 0 Å². The number of ether oxygens (including phenoxy) is 1. The average molecular weight is 273 g/mol. The summed E-state index contributed by atoms with van der Waals surface area (Å²) in [6, 6.07) is 0. The molecule has 2 unspecified atom stereocenters. The van der Waals surface area contributed by atoms with Crippen molar-refractivity contribution in [2.24, 2.45) is 0 Å². The molecule has 2 N–H and O–H groups in total. The fourth-order valence-electron chi connectivity index (χ4n) is 2.26. The van der Waals surface area contributed by atoms with Gasteiger partial charge < -0.3 is 4.74 Å². The van der Waals surface area contributed by atoms with Crippen molar-refractivity contribution in [1.82, 2.24) is 14.9 Å². The minimum Gasteiger partial charge on any atom is -0.376 e. The predicted molar refractivity (Wildman–Crippen MR) is 66.8 cm³/mol. The van der Waals surface area contributed by atoms with Crippen LogP contribution < -0.4 is 4.72 Å². The third kappa shape index (κ3) is 2.17. The highest BCUT2D eigenvalue weighted by Crippen LogP contribution is 2.28. The lowest BCUT2D eigenvalue weighted by Gasteiger charge is -2.28. The summed E-state index contributed by atoms with van der Waals surface area (Å²) in [4.78, 5) is 0.239. The van der Waals surface area contributed by atoms with E-state index in [-0.39, 0.29) is 11.0 Å². The summed E-state index contributed by atoms with van der Waals surface area (Å²) in [7, 11) is -3.58. The molecule has 102 valence electrons. The maximum absolute atomic E-state index is 12.4. The lowest BCUT2D eigenvalue weighted by atomic mass is 9.97. The Balaban J connectivity index is 2.34. The lowest BCUT2D eigenvalue weighted by Crippen LogP contribution is -2.50. The Morgan fingerprint density at radius 2 is 2.17 bits per heavy atom. The van der Waals surface area contributed by atoms with Gasteiger partial charge in [0.05, 0.1) is 23.0 Å². The van der Waals surface area contributed by atoms with Crippen LogP contribution in [-0.2, 0) is 14.8 Å². The monoisotopic (exact) mass is 273 g/mol. The number of nitrogens with one attached hydrogen (secondary N) is 2. The summed E-state index contributed by atoms with van der Waals surface area (Å²) in [5.74, 6) is 0. The van der Waals surface area contributed by atoms with Crippen molar-refractivity contribution in [3.63, 3.8) is 0 Å². The Labute approximate surface area is 107 Å². The minimum atomic E-state index is -3.58. The van der Waals surface area contributed by atoms with E-state index in [1.165, 1.54) is 0 Å². The van der Waals surface area contributed by atoms with Gasteiger partial charge in [-0.3, -0.25) is 5.10 Å². The zero-order chi connectivity index (χ0) is 13.6. The van der Waals surface area contributed by atoms with Gasteiger partial charge in [-0.05, 0) is 34.1 Å². The Hall–Kier alpha value is -0.920. The van der Waals surface area contributed by atoms with Crippen LogP contribution in [0.1, 0.15) is 31.7 Å². The van der Waals surface area contributed by atoms with Crippen LogP contribution in [0.15, 0.2) is 4.90 Å². The number of aromatic amines is 1. The Morgan fingerprint density at radius 3 is 2.61 bits per heavy atom. The van der Waals surface area contributed by atoms with Gasteiger partial charge in [-0.15, -0.1) is 0 Å². The molecule has 2 rings (SSSR count). The molecule has 1 aromatic heterocycles. The number of hydrogen-bond acceptors (Lipinski definition) is 4. The van der Waals surface area contributed by atoms with E-state index in [2.05, 4.69) is 14.9 Å². The Bertz CT molecular complexity index is 532. The first kappa shape index (κ1) is 13.5. The lowest BCUT2D eigenvalue weighted by molar-refractivity contribution is 0.0957. The van der Waals surface area contributed by atoms with Crippen molar-refractivity contribution >= 4 is 10.0 Å². The zero-order valence-electron chi connectivity index (χ0n) is 11.1. The highest BCUT2D eigenvalue weighted by molar-refractivity contribution is 7.89. The Morgan fingerprint density at radius 1 is 1.50 bits per heavy atom. The van der Waals surface area contributed by atoms with Crippen LogP contribution in [0.25, 0.3) is 0 Å². The molecule has 6 nitrogen and oxygen atoms in total. The van der Waals surface area contributed by atoms with Crippen molar-refractivity contribution in [3.05, 3.63) is 11.4 Å². The van der Waals surface area contributed by atoms with E-state index in [4.69, 9.17) is 4.74 Å². The third-order valence-electron chi connectivity index (χ3n) is 3.58. The van der Waals surface area contributed by atoms with Gasteiger partial charge in [0.25, 0.3) is 0 Å². The van der Waals surface area contributed by atoms with E-state index >= 15 is 0 Å².